The Bertz CT molecular complexity index is 888. The van der Waals surface area contributed by atoms with E-state index in [2.05, 4.69) is 0 Å². The van der Waals surface area contributed by atoms with Gasteiger partial charge in [-0.2, -0.15) is 0 Å². The molecule has 0 aliphatic carbocycles. The van der Waals surface area contributed by atoms with E-state index in [0.717, 1.165) is 24.5 Å². The van der Waals surface area contributed by atoms with Gasteiger partial charge in [0.25, 0.3) is 0 Å². The lowest BCUT2D eigenvalue weighted by molar-refractivity contribution is -0.124. The van der Waals surface area contributed by atoms with Crippen LogP contribution in [0.4, 0.5) is 13.6 Å². The third kappa shape index (κ3) is 4.31. The van der Waals surface area contributed by atoms with Crippen molar-refractivity contribution in [3.05, 3.63) is 71.3 Å². The molecule has 2 fully saturated rings. The minimum Gasteiger partial charge on any atom is -0.445 e. The summed E-state index contributed by atoms with van der Waals surface area (Å²) in [5.41, 5.74) is 1.15. The Hall–Kier alpha value is -2.76. The average Bonchev–Trinajstić information content (AvgIpc) is 2.98. The topological polar surface area (TPSA) is 46.6 Å². The summed E-state index contributed by atoms with van der Waals surface area (Å²) in [5, 5.41) is 0. The predicted molar refractivity (Wildman–Crippen MR) is 103 cm³/mol. The standard InChI is InChI=1S/C23H23F2NO3/c24-18-7-6-16(21(25)13-18)12-22(27)17-10-19-8-9-20(11-17)26(19)23(28)29-14-15-4-2-1-3-5-15/h1-7,13,17,19-20H,8-12,14H2. The molecule has 4 nitrogen and oxygen atoms in total. The number of ether oxygens (including phenoxy) is 1. The fourth-order valence-corrected chi connectivity index (χ4v) is 4.53. The molecule has 0 radical (unpaired) electrons. The van der Waals surface area contributed by atoms with Crippen molar-refractivity contribution in [1.29, 1.82) is 0 Å². The van der Waals surface area contributed by atoms with Crippen LogP contribution in [0.15, 0.2) is 48.5 Å². The Balaban J connectivity index is 1.35. The predicted octanol–water partition coefficient (Wildman–Crippen LogP) is 4.66. The molecule has 2 aromatic carbocycles. The number of ketones is 1. The number of benzene rings is 2. The molecule has 2 bridgehead atoms. The van der Waals surface area contributed by atoms with Crippen LogP contribution < -0.4 is 0 Å². The van der Waals surface area contributed by atoms with Crippen molar-refractivity contribution in [2.75, 3.05) is 0 Å². The summed E-state index contributed by atoms with van der Waals surface area (Å²) in [6.45, 7) is 0.224. The van der Waals surface area contributed by atoms with Gasteiger partial charge in [-0.3, -0.25) is 4.79 Å². The van der Waals surface area contributed by atoms with E-state index < -0.39 is 11.6 Å². The van der Waals surface area contributed by atoms with Crippen molar-refractivity contribution in [2.45, 2.75) is 50.8 Å². The zero-order chi connectivity index (χ0) is 20.4. The fourth-order valence-electron chi connectivity index (χ4n) is 4.53. The first-order chi connectivity index (χ1) is 14.0. The van der Waals surface area contributed by atoms with E-state index in [4.69, 9.17) is 4.74 Å². The summed E-state index contributed by atoms with van der Waals surface area (Å²) >= 11 is 0. The second kappa shape index (κ2) is 8.31. The monoisotopic (exact) mass is 399 g/mol. The maximum atomic E-state index is 13.9. The number of hydrogen-bond donors (Lipinski definition) is 0. The third-order valence-electron chi connectivity index (χ3n) is 5.98. The van der Waals surface area contributed by atoms with E-state index >= 15 is 0 Å². The molecule has 0 saturated carbocycles. The Morgan fingerprint density at radius 2 is 1.69 bits per heavy atom. The number of piperidine rings is 1. The highest BCUT2D eigenvalue weighted by molar-refractivity contribution is 5.84. The highest BCUT2D eigenvalue weighted by Crippen LogP contribution is 2.40. The van der Waals surface area contributed by atoms with Gasteiger partial charge in [0.2, 0.25) is 0 Å². The van der Waals surface area contributed by atoms with E-state index in [1.54, 1.807) is 4.90 Å². The van der Waals surface area contributed by atoms with Gasteiger partial charge in [-0.15, -0.1) is 0 Å². The lowest BCUT2D eigenvalue weighted by atomic mass is 9.85. The van der Waals surface area contributed by atoms with Crippen molar-refractivity contribution in [2.24, 2.45) is 5.92 Å². The first-order valence-corrected chi connectivity index (χ1v) is 9.97. The van der Waals surface area contributed by atoms with Gasteiger partial charge in [0.1, 0.15) is 24.0 Å². The van der Waals surface area contributed by atoms with Crippen LogP contribution in [0.3, 0.4) is 0 Å². The molecule has 0 spiro atoms. The maximum absolute atomic E-state index is 13.9. The van der Waals surface area contributed by atoms with Gasteiger partial charge in [0, 0.05) is 30.5 Å². The second-order valence-electron chi connectivity index (χ2n) is 7.88. The summed E-state index contributed by atoms with van der Waals surface area (Å²) in [7, 11) is 0. The third-order valence-corrected chi connectivity index (χ3v) is 5.98. The molecule has 0 aromatic heterocycles. The lowest BCUT2D eigenvalue weighted by Crippen LogP contribution is -2.48. The van der Waals surface area contributed by atoms with Gasteiger partial charge >= 0.3 is 6.09 Å². The normalized spacial score (nSPS) is 23.1. The fraction of sp³-hybridized carbons (Fsp3) is 0.391. The smallest absolute Gasteiger partial charge is 0.410 e. The van der Waals surface area contributed by atoms with Gasteiger partial charge in [0.05, 0.1) is 0 Å². The Morgan fingerprint density at radius 1 is 1.00 bits per heavy atom. The molecule has 6 heteroatoms. The molecule has 2 aliphatic heterocycles. The summed E-state index contributed by atoms with van der Waals surface area (Å²) in [4.78, 5) is 27.1. The molecule has 2 heterocycles. The Kier molecular flexibility index (Phi) is 5.60. The van der Waals surface area contributed by atoms with Crippen molar-refractivity contribution in [3.8, 4) is 0 Å². The van der Waals surface area contributed by atoms with Crippen LogP contribution in [0.2, 0.25) is 0 Å². The zero-order valence-corrected chi connectivity index (χ0v) is 16.0. The molecule has 2 unspecified atom stereocenters. The number of fused-ring (bicyclic) bond motifs is 2. The number of hydrogen-bond acceptors (Lipinski definition) is 3. The average molecular weight is 399 g/mol. The molecule has 1 amide bonds. The number of carbonyl (C=O) groups is 2. The molecule has 2 atom stereocenters. The number of halogens is 2. The van der Waals surface area contributed by atoms with E-state index in [1.807, 2.05) is 30.3 Å². The number of amides is 1. The molecule has 29 heavy (non-hydrogen) atoms. The molecular formula is C23H23F2NO3. The quantitative estimate of drug-likeness (QED) is 0.735. The number of carbonyl (C=O) groups excluding carboxylic acids is 2. The lowest BCUT2D eigenvalue weighted by Gasteiger charge is -2.37. The Labute approximate surface area is 168 Å². The molecule has 152 valence electrons. The highest BCUT2D eigenvalue weighted by Gasteiger charge is 2.45. The summed E-state index contributed by atoms with van der Waals surface area (Å²) in [5.74, 6) is -1.61. The molecule has 2 aliphatic rings. The molecule has 2 saturated heterocycles. The van der Waals surface area contributed by atoms with E-state index in [-0.39, 0.29) is 48.5 Å². The summed E-state index contributed by atoms with van der Waals surface area (Å²) in [6, 6.07) is 12.8. The van der Waals surface area contributed by atoms with Crippen molar-refractivity contribution < 1.29 is 23.1 Å². The molecule has 2 aromatic rings. The van der Waals surface area contributed by atoms with E-state index in [0.29, 0.717) is 12.8 Å². The highest BCUT2D eigenvalue weighted by atomic mass is 19.1. The van der Waals surface area contributed by atoms with Crippen LogP contribution in [-0.4, -0.2) is 28.9 Å². The van der Waals surface area contributed by atoms with Crippen molar-refractivity contribution >= 4 is 11.9 Å². The van der Waals surface area contributed by atoms with Gasteiger partial charge in [-0.25, -0.2) is 13.6 Å². The van der Waals surface area contributed by atoms with Crippen LogP contribution in [0.1, 0.15) is 36.8 Å². The SMILES string of the molecule is O=C(Cc1ccc(F)cc1F)C1CC2CCC(C1)N2C(=O)OCc1ccccc1. The molecular weight excluding hydrogens is 376 g/mol. The van der Waals surface area contributed by atoms with Crippen LogP contribution in [0.5, 0.6) is 0 Å². The van der Waals surface area contributed by atoms with Crippen LogP contribution in [-0.2, 0) is 22.6 Å². The number of rotatable bonds is 5. The first kappa shape index (κ1) is 19.6. The van der Waals surface area contributed by atoms with E-state index in [9.17, 15) is 18.4 Å². The first-order valence-electron chi connectivity index (χ1n) is 9.97. The van der Waals surface area contributed by atoms with Crippen LogP contribution >= 0.6 is 0 Å². The molecule has 0 N–H and O–H groups in total. The number of nitrogens with zero attached hydrogens (tertiary/aromatic N) is 1. The minimum absolute atomic E-state index is 0.0240. The van der Waals surface area contributed by atoms with Gasteiger partial charge in [-0.05, 0) is 42.9 Å². The molecule has 4 rings (SSSR count). The van der Waals surface area contributed by atoms with Gasteiger partial charge in [0.15, 0.2) is 0 Å². The zero-order valence-electron chi connectivity index (χ0n) is 16.0. The van der Waals surface area contributed by atoms with Crippen LogP contribution in [0, 0.1) is 17.6 Å². The van der Waals surface area contributed by atoms with Crippen LogP contribution in [0.25, 0.3) is 0 Å². The summed E-state index contributed by atoms with van der Waals surface area (Å²) in [6.07, 6.45) is 2.45. The van der Waals surface area contributed by atoms with Crippen molar-refractivity contribution in [3.63, 3.8) is 0 Å². The minimum atomic E-state index is -0.691. The van der Waals surface area contributed by atoms with E-state index in [1.165, 1.54) is 12.1 Å². The van der Waals surface area contributed by atoms with Gasteiger partial charge in [-0.1, -0.05) is 36.4 Å². The number of Topliss-reactive ketones (excluding diaryl/α,β-unsaturated/α-hetero) is 1. The van der Waals surface area contributed by atoms with Crippen molar-refractivity contribution in [1.82, 2.24) is 4.90 Å². The second-order valence-corrected chi connectivity index (χ2v) is 7.88. The Morgan fingerprint density at radius 3 is 2.34 bits per heavy atom. The summed E-state index contributed by atoms with van der Waals surface area (Å²) < 4.78 is 32.4. The van der Waals surface area contributed by atoms with Gasteiger partial charge < -0.3 is 9.64 Å². The largest absolute Gasteiger partial charge is 0.445 e. The maximum Gasteiger partial charge on any atom is 0.410 e.